The lowest BCUT2D eigenvalue weighted by molar-refractivity contribution is -0.134. The summed E-state index contributed by atoms with van der Waals surface area (Å²) < 4.78 is 25.5. The van der Waals surface area contributed by atoms with Gasteiger partial charge in [0.2, 0.25) is 11.8 Å². The molecule has 0 aromatic heterocycles. The molecule has 1 saturated carbocycles. The largest absolute Gasteiger partial charge is 0.490 e. The summed E-state index contributed by atoms with van der Waals surface area (Å²) in [6.07, 6.45) is 2.60. The van der Waals surface area contributed by atoms with E-state index in [2.05, 4.69) is 10.6 Å². The number of hydrogen-bond donors (Lipinski definition) is 2. The van der Waals surface area contributed by atoms with Gasteiger partial charge in [-0.3, -0.25) is 14.4 Å². The van der Waals surface area contributed by atoms with E-state index >= 15 is 0 Å². The van der Waals surface area contributed by atoms with Crippen LogP contribution < -0.4 is 15.4 Å². The Morgan fingerprint density at radius 2 is 1.94 bits per heavy atom. The van der Waals surface area contributed by atoms with E-state index in [0.29, 0.717) is 35.4 Å². The molecule has 2 fully saturated rings. The lowest BCUT2D eigenvalue weighted by Gasteiger charge is -2.42. The van der Waals surface area contributed by atoms with Crippen LogP contribution in [-0.2, 0) is 20.9 Å². The van der Waals surface area contributed by atoms with Crippen molar-refractivity contribution in [1.29, 1.82) is 0 Å². The summed E-state index contributed by atoms with van der Waals surface area (Å²) in [5.74, 6) is -0.227. The molecule has 9 heteroatoms. The maximum absolute atomic E-state index is 13.3. The number of halogens is 1. The fourth-order valence-electron chi connectivity index (χ4n) is 4.82. The molecule has 3 atom stereocenters. The smallest absolute Gasteiger partial charge is 0.257 e. The van der Waals surface area contributed by atoms with Gasteiger partial charge in [-0.1, -0.05) is 12.1 Å². The number of carbonyl (C=O) groups excluding carboxylic acids is 3. The van der Waals surface area contributed by atoms with E-state index in [9.17, 15) is 18.8 Å². The predicted octanol–water partition coefficient (Wildman–Crippen LogP) is 3.26. The van der Waals surface area contributed by atoms with Crippen molar-refractivity contribution >= 4 is 23.4 Å². The van der Waals surface area contributed by atoms with Crippen LogP contribution in [0.1, 0.15) is 48.0 Å². The first-order valence-electron chi connectivity index (χ1n) is 12.4. The third-order valence-electron chi connectivity index (χ3n) is 7.02. The molecule has 2 aliphatic heterocycles. The summed E-state index contributed by atoms with van der Waals surface area (Å²) in [4.78, 5) is 39.6. The number of fused-ring (bicyclic) bond motifs is 2. The maximum atomic E-state index is 13.3. The fourth-order valence-corrected chi connectivity index (χ4v) is 4.82. The predicted molar refractivity (Wildman–Crippen MR) is 130 cm³/mol. The van der Waals surface area contributed by atoms with Gasteiger partial charge in [0.15, 0.2) is 0 Å². The number of amides is 3. The minimum atomic E-state index is -0.379. The molecular weight excluding hydrogens is 465 g/mol. The second-order valence-corrected chi connectivity index (χ2v) is 9.75. The average molecular weight is 496 g/mol. The number of ether oxygens (including phenoxy) is 2. The van der Waals surface area contributed by atoms with Gasteiger partial charge in [0, 0.05) is 25.2 Å². The number of nitrogens with zero attached hydrogens (tertiary/aromatic N) is 1. The number of anilines is 1. The normalized spacial score (nSPS) is 23.4. The molecule has 0 bridgehead atoms. The molecule has 0 unspecified atom stereocenters. The molecule has 190 valence electrons. The molecular formula is C27H30FN3O5. The van der Waals surface area contributed by atoms with Crippen molar-refractivity contribution in [2.24, 2.45) is 5.92 Å². The van der Waals surface area contributed by atoms with E-state index in [4.69, 9.17) is 9.47 Å². The Morgan fingerprint density at radius 1 is 1.11 bits per heavy atom. The summed E-state index contributed by atoms with van der Waals surface area (Å²) in [6, 6.07) is 11.0. The van der Waals surface area contributed by atoms with Crippen molar-refractivity contribution in [3.8, 4) is 5.75 Å². The number of likely N-dealkylation sites (N-methyl/N-ethyl adjacent to an activating group) is 1. The van der Waals surface area contributed by atoms with Gasteiger partial charge in [-0.05, 0) is 61.6 Å². The van der Waals surface area contributed by atoms with Crippen LogP contribution in [0.25, 0.3) is 0 Å². The number of carbonyl (C=O) groups is 3. The Balaban J connectivity index is 1.20. The van der Waals surface area contributed by atoms with E-state index in [1.165, 1.54) is 12.1 Å². The lowest BCUT2D eigenvalue weighted by atomic mass is 9.94. The minimum absolute atomic E-state index is 0.0192. The van der Waals surface area contributed by atoms with Gasteiger partial charge < -0.3 is 25.0 Å². The second kappa shape index (κ2) is 10.3. The Hall–Kier alpha value is -3.46. The highest BCUT2D eigenvalue weighted by Crippen LogP contribution is 2.34. The number of nitrogens with one attached hydrogen (secondary N) is 2. The minimum Gasteiger partial charge on any atom is -0.490 e. The van der Waals surface area contributed by atoms with Gasteiger partial charge in [-0.2, -0.15) is 0 Å². The van der Waals surface area contributed by atoms with E-state index in [-0.39, 0.29) is 67.3 Å². The standard InChI is InChI=1S/C27H30FN3O5/c1-31-22-9-8-20(13-25(32)29-14-16-3-2-4-18(28)11-16)36-24(22)15-35-23-10-7-19(12-21(23)27(31)34)30-26(33)17-5-6-17/h2-4,7,10-12,17,20,22,24H,5-6,8-9,13-15H2,1H3,(H,29,32)(H,30,33)/t20-,22+,24+/m1/s1. The van der Waals surface area contributed by atoms with Gasteiger partial charge in [0.05, 0.1) is 24.1 Å². The zero-order valence-electron chi connectivity index (χ0n) is 20.2. The Labute approximate surface area is 209 Å². The van der Waals surface area contributed by atoms with Gasteiger partial charge >= 0.3 is 0 Å². The van der Waals surface area contributed by atoms with E-state index < -0.39 is 0 Å². The van der Waals surface area contributed by atoms with Crippen molar-refractivity contribution in [2.45, 2.75) is 56.9 Å². The maximum Gasteiger partial charge on any atom is 0.257 e. The molecule has 5 rings (SSSR count). The Bertz CT molecular complexity index is 1170. The van der Waals surface area contributed by atoms with Crippen LogP contribution in [0.3, 0.4) is 0 Å². The highest BCUT2D eigenvalue weighted by molar-refractivity contribution is 6.00. The van der Waals surface area contributed by atoms with Crippen LogP contribution in [0.15, 0.2) is 42.5 Å². The van der Waals surface area contributed by atoms with Crippen LogP contribution in [0.2, 0.25) is 0 Å². The van der Waals surface area contributed by atoms with Crippen LogP contribution in [0.4, 0.5) is 10.1 Å². The highest BCUT2D eigenvalue weighted by atomic mass is 19.1. The number of rotatable bonds is 6. The van der Waals surface area contributed by atoms with E-state index in [1.807, 2.05) is 0 Å². The van der Waals surface area contributed by atoms with Gasteiger partial charge in [-0.15, -0.1) is 0 Å². The van der Waals surface area contributed by atoms with Crippen LogP contribution in [0.5, 0.6) is 5.75 Å². The average Bonchev–Trinajstić information content (AvgIpc) is 3.71. The molecule has 36 heavy (non-hydrogen) atoms. The first kappa shape index (κ1) is 24.2. The number of hydrogen-bond acceptors (Lipinski definition) is 5. The lowest BCUT2D eigenvalue weighted by Crippen LogP contribution is -2.53. The molecule has 3 amide bonds. The number of benzene rings is 2. The molecule has 0 spiro atoms. The highest BCUT2D eigenvalue weighted by Gasteiger charge is 2.39. The zero-order chi connectivity index (χ0) is 25.2. The van der Waals surface area contributed by atoms with E-state index in [1.54, 1.807) is 42.3 Å². The summed E-state index contributed by atoms with van der Waals surface area (Å²) >= 11 is 0. The van der Waals surface area contributed by atoms with Crippen molar-refractivity contribution < 1.29 is 28.2 Å². The van der Waals surface area contributed by atoms with Crippen LogP contribution in [0, 0.1) is 11.7 Å². The van der Waals surface area contributed by atoms with Gasteiger partial charge in [-0.25, -0.2) is 4.39 Å². The van der Waals surface area contributed by atoms with Gasteiger partial charge in [0.1, 0.15) is 24.3 Å². The molecule has 2 aromatic carbocycles. The second-order valence-electron chi connectivity index (χ2n) is 9.75. The summed E-state index contributed by atoms with van der Waals surface area (Å²) in [7, 11) is 1.75. The van der Waals surface area contributed by atoms with Crippen LogP contribution in [-0.4, -0.2) is 54.5 Å². The van der Waals surface area contributed by atoms with Crippen molar-refractivity contribution in [2.75, 3.05) is 19.0 Å². The molecule has 3 aliphatic rings. The summed E-state index contributed by atoms with van der Waals surface area (Å²) in [5.41, 5.74) is 1.68. The van der Waals surface area contributed by atoms with Crippen molar-refractivity contribution in [3.63, 3.8) is 0 Å². The zero-order valence-corrected chi connectivity index (χ0v) is 20.2. The molecule has 8 nitrogen and oxygen atoms in total. The molecule has 2 N–H and O–H groups in total. The summed E-state index contributed by atoms with van der Waals surface area (Å²) in [5, 5.41) is 5.70. The SMILES string of the molecule is CN1C(=O)c2cc(NC(=O)C3CC3)ccc2OC[C@@H]2O[C@@H](CC(=O)NCc3cccc(F)c3)CC[C@@H]21. The van der Waals surface area contributed by atoms with E-state index in [0.717, 1.165) is 12.8 Å². The molecule has 2 aromatic rings. The molecule has 0 radical (unpaired) electrons. The van der Waals surface area contributed by atoms with Crippen molar-refractivity contribution in [1.82, 2.24) is 10.2 Å². The van der Waals surface area contributed by atoms with Gasteiger partial charge in [0.25, 0.3) is 5.91 Å². The molecule has 1 saturated heterocycles. The topological polar surface area (TPSA) is 97.0 Å². The van der Waals surface area contributed by atoms with Crippen LogP contribution >= 0.6 is 0 Å². The molecule has 2 heterocycles. The summed E-state index contributed by atoms with van der Waals surface area (Å²) in [6.45, 7) is 0.486. The third kappa shape index (κ3) is 5.51. The molecule has 1 aliphatic carbocycles. The fraction of sp³-hybridized carbons (Fsp3) is 0.444. The Kier molecular flexibility index (Phi) is 6.91. The van der Waals surface area contributed by atoms with Crippen molar-refractivity contribution in [3.05, 3.63) is 59.4 Å². The third-order valence-corrected chi connectivity index (χ3v) is 7.02. The quantitative estimate of drug-likeness (QED) is 0.641. The monoisotopic (exact) mass is 495 g/mol. The first-order valence-corrected chi connectivity index (χ1v) is 12.4. The first-order chi connectivity index (χ1) is 17.4. The Morgan fingerprint density at radius 3 is 2.72 bits per heavy atom.